The van der Waals surface area contributed by atoms with Gasteiger partial charge in [0.2, 0.25) is 5.91 Å². The Balaban J connectivity index is 1.82. The molecule has 18 heavy (non-hydrogen) atoms. The van der Waals surface area contributed by atoms with Crippen molar-refractivity contribution in [3.63, 3.8) is 0 Å². The minimum atomic E-state index is 0.0404. The van der Waals surface area contributed by atoms with Gasteiger partial charge in [-0.05, 0) is 12.0 Å². The highest BCUT2D eigenvalue weighted by Crippen LogP contribution is 2.21. The molecule has 0 bridgehead atoms. The smallest absolute Gasteiger partial charge is 0.216 e. The van der Waals surface area contributed by atoms with E-state index in [-0.39, 0.29) is 5.91 Å². The van der Waals surface area contributed by atoms with Crippen LogP contribution in [0.2, 0.25) is 0 Å². The van der Waals surface area contributed by atoms with E-state index in [1.165, 1.54) is 11.1 Å². The summed E-state index contributed by atoms with van der Waals surface area (Å²) in [7, 11) is 1.94. The Morgan fingerprint density at radius 2 is 2.39 bits per heavy atom. The van der Waals surface area contributed by atoms with E-state index in [4.69, 9.17) is 0 Å². The molecule has 1 aliphatic rings. The molecule has 98 valence electrons. The lowest BCUT2D eigenvalue weighted by Crippen LogP contribution is -2.36. The Kier molecular flexibility index (Phi) is 4.15. The molecule has 0 atom stereocenters. The van der Waals surface area contributed by atoms with E-state index in [1.807, 2.05) is 17.9 Å². The molecular formula is C13H20N4O. The van der Waals surface area contributed by atoms with Gasteiger partial charge in [0.15, 0.2) is 0 Å². The average molecular weight is 248 g/mol. The van der Waals surface area contributed by atoms with E-state index in [0.717, 1.165) is 32.6 Å². The summed E-state index contributed by atoms with van der Waals surface area (Å²) >= 11 is 0. The van der Waals surface area contributed by atoms with Crippen molar-refractivity contribution in [3.8, 4) is 0 Å². The molecule has 0 radical (unpaired) electrons. The Hall–Kier alpha value is -1.62. The van der Waals surface area contributed by atoms with E-state index in [1.54, 1.807) is 6.92 Å². The number of carbonyl (C=O) groups excluding carboxylic acids is 1. The monoisotopic (exact) mass is 248 g/mol. The lowest BCUT2D eigenvalue weighted by atomic mass is 10.0. The number of hydrogen-bond acceptors (Lipinski definition) is 3. The molecule has 0 unspecified atom stereocenters. The van der Waals surface area contributed by atoms with E-state index < -0.39 is 0 Å². The van der Waals surface area contributed by atoms with Crippen molar-refractivity contribution >= 4 is 11.5 Å². The van der Waals surface area contributed by atoms with E-state index in [0.29, 0.717) is 0 Å². The second-order valence-corrected chi connectivity index (χ2v) is 4.67. The standard InChI is InChI=1S/C13H20N4O/c1-11(18)14-5-8-17-6-3-12(4-7-17)13-9-15-16(2)10-13/h3,9-10H,4-8H2,1-2H3,(H,14,18). The van der Waals surface area contributed by atoms with Gasteiger partial charge in [-0.25, -0.2) is 0 Å². The highest BCUT2D eigenvalue weighted by Gasteiger charge is 2.13. The Morgan fingerprint density at radius 1 is 1.56 bits per heavy atom. The summed E-state index contributed by atoms with van der Waals surface area (Å²) in [6.45, 7) is 5.18. The van der Waals surface area contributed by atoms with Crippen LogP contribution in [-0.4, -0.2) is 46.8 Å². The Bertz CT molecular complexity index is 450. The molecule has 2 heterocycles. The van der Waals surface area contributed by atoms with Gasteiger partial charge >= 0.3 is 0 Å². The third-order valence-corrected chi connectivity index (χ3v) is 3.17. The minimum absolute atomic E-state index is 0.0404. The molecule has 1 aromatic heterocycles. The van der Waals surface area contributed by atoms with Crippen molar-refractivity contribution in [3.05, 3.63) is 24.0 Å². The Labute approximate surface area is 107 Å². The predicted molar refractivity (Wildman–Crippen MR) is 70.9 cm³/mol. The summed E-state index contributed by atoms with van der Waals surface area (Å²) in [5, 5.41) is 7.02. The largest absolute Gasteiger partial charge is 0.355 e. The maximum Gasteiger partial charge on any atom is 0.216 e. The van der Waals surface area contributed by atoms with Crippen molar-refractivity contribution < 1.29 is 4.79 Å². The highest BCUT2D eigenvalue weighted by atomic mass is 16.1. The molecule has 0 aliphatic carbocycles. The molecule has 1 amide bonds. The third-order valence-electron chi connectivity index (χ3n) is 3.17. The van der Waals surface area contributed by atoms with Crippen LogP contribution in [-0.2, 0) is 11.8 Å². The van der Waals surface area contributed by atoms with E-state index >= 15 is 0 Å². The van der Waals surface area contributed by atoms with Gasteiger partial charge in [0.1, 0.15) is 0 Å². The first-order valence-electron chi connectivity index (χ1n) is 6.30. The zero-order valence-corrected chi connectivity index (χ0v) is 11.0. The number of rotatable bonds is 4. The van der Waals surface area contributed by atoms with Gasteiger partial charge in [0.05, 0.1) is 6.20 Å². The zero-order valence-electron chi connectivity index (χ0n) is 11.0. The first-order valence-corrected chi connectivity index (χ1v) is 6.30. The van der Waals surface area contributed by atoms with Crippen LogP contribution >= 0.6 is 0 Å². The van der Waals surface area contributed by atoms with Gasteiger partial charge in [-0.3, -0.25) is 14.4 Å². The number of carbonyl (C=O) groups is 1. The SMILES string of the molecule is CC(=O)NCCN1CC=C(c2cnn(C)c2)CC1. The van der Waals surface area contributed by atoms with Gasteiger partial charge in [0.25, 0.3) is 0 Å². The van der Waals surface area contributed by atoms with Crippen LogP contribution in [0.4, 0.5) is 0 Å². The number of aryl methyl sites for hydroxylation is 1. The number of nitrogens with zero attached hydrogens (tertiary/aromatic N) is 3. The molecule has 0 aromatic carbocycles. The van der Waals surface area contributed by atoms with Crippen molar-refractivity contribution in [1.29, 1.82) is 0 Å². The maximum absolute atomic E-state index is 10.8. The average Bonchev–Trinajstić information content (AvgIpc) is 2.76. The second-order valence-electron chi connectivity index (χ2n) is 4.67. The van der Waals surface area contributed by atoms with Gasteiger partial charge in [-0.2, -0.15) is 5.10 Å². The molecular weight excluding hydrogens is 228 g/mol. The molecule has 0 fully saturated rings. The Morgan fingerprint density at radius 3 is 2.94 bits per heavy atom. The predicted octanol–water partition coefficient (Wildman–Crippen LogP) is 0.645. The fourth-order valence-corrected chi connectivity index (χ4v) is 2.15. The van der Waals surface area contributed by atoms with Gasteiger partial charge < -0.3 is 5.32 Å². The van der Waals surface area contributed by atoms with Crippen LogP contribution in [0.5, 0.6) is 0 Å². The first-order chi connectivity index (χ1) is 8.65. The molecule has 5 heteroatoms. The van der Waals surface area contributed by atoms with Crippen LogP contribution in [0.1, 0.15) is 18.9 Å². The number of hydrogen-bond donors (Lipinski definition) is 1. The van der Waals surface area contributed by atoms with Crippen molar-refractivity contribution in [2.45, 2.75) is 13.3 Å². The topological polar surface area (TPSA) is 50.2 Å². The molecule has 1 aliphatic heterocycles. The van der Waals surface area contributed by atoms with Gasteiger partial charge in [0, 0.05) is 51.9 Å². The minimum Gasteiger partial charge on any atom is -0.355 e. The van der Waals surface area contributed by atoms with Crippen molar-refractivity contribution in [2.75, 3.05) is 26.2 Å². The summed E-state index contributed by atoms with van der Waals surface area (Å²) < 4.78 is 1.83. The molecule has 1 N–H and O–H groups in total. The van der Waals surface area contributed by atoms with Crippen LogP contribution < -0.4 is 5.32 Å². The first kappa shape index (κ1) is 12.8. The third kappa shape index (κ3) is 3.43. The molecule has 2 rings (SSSR count). The normalized spacial score (nSPS) is 16.4. The molecule has 0 saturated heterocycles. The highest BCUT2D eigenvalue weighted by molar-refractivity contribution is 5.72. The summed E-state index contributed by atoms with van der Waals surface area (Å²) in [4.78, 5) is 13.1. The van der Waals surface area contributed by atoms with Crippen LogP contribution in [0.15, 0.2) is 18.5 Å². The van der Waals surface area contributed by atoms with Crippen molar-refractivity contribution in [2.24, 2.45) is 7.05 Å². The number of aromatic nitrogens is 2. The maximum atomic E-state index is 10.8. The second kappa shape index (κ2) is 5.82. The molecule has 1 aromatic rings. The fraction of sp³-hybridized carbons (Fsp3) is 0.538. The van der Waals surface area contributed by atoms with Crippen LogP contribution in [0, 0.1) is 0 Å². The fourth-order valence-electron chi connectivity index (χ4n) is 2.15. The molecule has 5 nitrogen and oxygen atoms in total. The lowest BCUT2D eigenvalue weighted by Gasteiger charge is -2.25. The number of amides is 1. The van der Waals surface area contributed by atoms with E-state index in [2.05, 4.69) is 27.6 Å². The van der Waals surface area contributed by atoms with E-state index in [9.17, 15) is 4.79 Å². The lowest BCUT2D eigenvalue weighted by molar-refractivity contribution is -0.119. The molecule has 0 spiro atoms. The summed E-state index contributed by atoms with van der Waals surface area (Å²) in [5.41, 5.74) is 2.60. The van der Waals surface area contributed by atoms with Crippen LogP contribution in [0.25, 0.3) is 5.57 Å². The van der Waals surface area contributed by atoms with Crippen molar-refractivity contribution in [1.82, 2.24) is 20.0 Å². The van der Waals surface area contributed by atoms with Crippen LogP contribution in [0.3, 0.4) is 0 Å². The quantitative estimate of drug-likeness (QED) is 0.851. The summed E-state index contributed by atoms with van der Waals surface area (Å²) in [6, 6.07) is 0. The zero-order chi connectivity index (χ0) is 13.0. The number of nitrogens with one attached hydrogen (secondary N) is 1. The molecule has 0 saturated carbocycles. The van der Waals surface area contributed by atoms with Gasteiger partial charge in [-0.15, -0.1) is 0 Å². The van der Waals surface area contributed by atoms with Gasteiger partial charge in [-0.1, -0.05) is 6.08 Å². The summed E-state index contributed by atoms with van der Waals surface area (Å²) in [5.74, 6) is 0.0404. The summed E-state index contributed by atoms with van der Waals surface area (Å²) in [6.07, 6.45) is 7.28.